The summed E-state index contributed by atoms with van der Waals surface area (Å²) in [5.41, 5.74) is 1.27. The molecule has 0 amide bonds. The van der Waals surface area contributed by atoms with Gasteiger partial charge in [0, 0.05) is 0 Å². The Morgan fingerprint density at radius 2 is 2.00 bits per heavy atom. The van der Waals surface area contributed by atoms with Gasteiger partial charge in [-0.3, -0.25) is 0 Å². The molecule has 0 aliphatic heterocycles. The van der Waals surface area contributed by atoms with Crippen molar-refractivity contribution in [2.45, 2.75) is 6.92 Å². The van der Waals surface area contributed by atoms with Gasteiger partial charge in [-0.1, -0.05) is 6.92 Å². The smallest absolute Gasteiger partial charge is 0.796 e. The van der Waals surface area contributed by atoms with E-state index in [0.717, 1.165) is 0 Å². The van der Waals surface area contributed by atoms with E-state index in [9.17, 15) is 0 Å². The van der Waals surface area contributed by atoms with Crippen LogP contribution < -0.4 is 0 Å². The third-order valence-corrected chi connectivity index (χ3v) is 0.863. The average molecular weight is 190 g/mol. The molecular formula is C8H10CrS. The minimum Gasteiger partial charge on any atom is -0.796 e. The molecule has 1 aromatic rings. The first kappa shape index (κ1) is 12.8. The van der Waals surface area contributed by atoms with Gasteiger partial charge in [-0.2, -0.15) is 42.2 Å². The van der Waals surface area contributed by atoms with E-state index in [1.807, 2.05) is 18.2 Å². The predicted octanol–water partition coefficient (Wildman–Crippen LogP) is 1.96. The van der Waals surface area contributed by atoms with Gasteiger partial charge in [0.05, 0.1) is 0 Å². The second-order valence-electron chi connectivity index (χ2n) is 1.58. The number of benzene rings is 1. The quantitative estimate of drug-likeness (QED) is 0.445. The maximum atomic E-state index is 4.08. The third kappa shape index (κ3) is 6.23. The first-order valence-corrected chi connectivity index (χ1v) is 3.55. The topological polar surface area (TPSA) is 0 Å². The van der Waals surface area contributed by atoms with E-state index in [1.165, 1.54) is 5.56 Å². The molecule has 10 heavy (non-hydrogen) atoms. The summed E-state index contributed by atoms with van der Waals surface area (Å²) in [5.74, 6) is 0. The SMILES string of the molecule is C[S-].Cc1c[c-]ccc1.[Cr+2]. The summed E-state index contributed by atoms with van der Waals surface area (Å²) in [6.45, 7) is 2.05. The van der Waals surface area contributed by atoms with Crippen molar-refractivity contribution in [2.24, 2.45) is 0 Å². The molecule has 1 rings (SSSR count). The Hall–Kier alpha value is 0.102. The van der Waals surface area contributed by atoms with E-state index in [4.69, 9.17) is 0 Å². The maximum Gasteiger partial charge on any atom is 2.00 e. The second-order valence-corrected chi connectivity index (χ2v) is 1.58. The van der Waals surface area contributed by atoms with Crippen molar-refractivity contribution in [1.29, 1.82) is 0 Å². The van der Waals surface area contributed by atoms with Crippen molar-refractivity contribution in [3.8, 4) is 0 Å². The molecule has 0 nitrogen and oxygen atoms in total. The Labute approximate surface area is 79.2 Å². The summed E-state index contributed by atoms with van der Waals surface area (Å²) in [5, 5.41) is 0. The molecular weight excluding hydrogens is 180 g/mol. The van der Waals surface area contributed by atoms with Crippen LogP contribution in [0.2, 0.25) is 0 Å². The van der Waals surface area contributed by atoms with Gasteiger partial charge in [-0.15, -0.1) is 0 Å². The van der Waals surface area contributed by atoms with E-state index in [1.54, 1.807) is 6.26 Å². The minimum atomic E-state index is 0. The van der Waals surface area contributed by atoms with Gasteiger partial charge in [0.15, 0.2) is 0 Å². The molecule has 0 N–H and O–H groups in total. The number of aryl methyl sites for hydroxylation is 1. The van der Waals surface area contributed by atoms with Crippen LogP contribution in [0.4, 0.5) is 0 Å². The fourth-order valence-corrected chi connectivity index (χ4v) is 0.483. The van der Waals surface area contributed by atoms with Crippen molar-refractivity contribution in [3.63, 3.8) is 0 Å². The first-order valence-electron chi connectivity index (χ1n) is 2.73. The minimum absolute atomic E-state index is 0. The molecule has 0 aliphatic rings. The molecule has 2 heteroatoms. The summed E-state index contributed by atoms with van der Waals surface area (Å²) in [6, 6.07) is 10.8. The van der Waals surface area contributed by atoms with Gasteiger partial charge in [0.1, 0.15) is 0 Å². The standard InChI is InChI=1S/C7H7.CH4S.Cr/c1-7-5-3-2-4-6-7;1-2;/h2-3,5-6H,1H3;2H,1H3;/q-1;;+2/p-1. The fourth-order valence-electron chi connectivity index (χ4n) is 0.483. The van der Waals surface area contributed by atoms with Crippen molar-refractivity contribution < 1.29 is 17.4 Å². The Bertz CT molecular complexity index is 139. The second kappa shape index (κ2) is 9.10. The van der Waals surface area contributed by atoms with Crippen LogP contribution in [0.15, 0.2) is 24.3 Å². The zero-order valence-corrected chi connectivity index (χ0v) is 8.22. The van der Waals surface area contributed by atoms with Crippen molar-refractivity contribution in [2.75, 3.05) is 6.26 Å². The van der Waals surface area contributed by atoms with Gasteiger partial charge >= 0.3 is 17.4 Å². The van der Waals surface area contributed by atoms with Crippen LogP contribution >= 0.6 is 0 Å². The van der Waals surface area contributed by atoms with Gasteiger partial charge in [-0.05, 0) is 0 Å². The molecule has 54 valence electrons. The summed E-state index contributed by atoms with van der Waals surface area (Å²) in [7, 11) is 0. The van der Waals surface area contributed by atoms with E-state index in [-0.39, 0.29) is 17.4 Å². The predicted molar refractivity (Wildman–Crippen MR) is 43.3 cm³/mol. The van der Waals surface area contributed by atoms with E-state index in [0.29, 0.717) is 0 Å². The van der Waals surface area contributed by atoms with Crippen LogP contribution in [-0.4, -0.2) is 6.26 Å². The van der Waals surface area contributed by atoms with E-state index >= 15 is 0 Å². The molecule has 0 spiro atoms. The molecule has 0 radical (unpaired) electrons. The van der Waals surface area contributed by atoms with Crippen molar-refractivity contribution in [1.82, 2.24) is 0 Å². The summed E-state index contributed by atoms with van der Waals surface area (Å²) >= 11 is 4.08. The van der Waals surface area contributed by atoms with E-state index in [2.05, 4.69) is 31.7 Å². The number of hydrogen-bond donors (Lipinski definition) is 0. The number of hydrogen-bond acceptors (Lipinski definition) is 1. The average Bonchev–Trinajstić information content (AvgIpc) is 1.94. The Kier molecular flexibility index (Phi) is 11.6. The first-order chi connectivity index (χ1) is 4.39. The third-order valence-electron chi connectivity index (χ3n) is 0.863. The van der Waals surface area contributed by atoms with Crippen LogP contribution in [0, 0.1) is 13.0 Å². The zero-order chi connectivity index (χ0) is 7.11. The van der Waals surface area contributed by atoms with Crippen LogP contribution in [0.3, 0.4) is 0 Å². The molecule has 1 aromatic carbocycles. The Balaban J connectivity index is 0. The van der Waals surface area contributed by atoms with Crippen molar-refractivity contribution >= 4 is 12.6 Å². The van der Waals surface area contributed by atoms with Gasteiger partial charge < -0.3 is 12.6 Å². The number of rotatable bonds is 0. The normalized spacial score (nSPS) is 6.70. The molecule has 0 aromatic heterocycles. The molecule has 0 aliphatic carbocycles. The molecule has 0 heterocycles. The maximum absolute atomic E-state index is 4.08. The van der Waals surface area contributed by atoms with E-state index < -0.39 is 0 Å². The molecule has 0 atom stereocenters. The molecule has 0 saturated carbocycles. The van der Waals surface area contributed by atoms with Gasteiger partial charge in [0.2, 0.25) is 0 Å². The monoisotopic (exact) mass is 190 g/mol. The summed E-state index contributed by atoms with van der Waals surface area (Å²) in [4.78, 5) is 0. The van der Waals surface area contributed by atoms with Crippen LogP contribution in [-0.2, 0) is 30.0 Å². The zero-order valence-electron chi connectivity index (χ0n) is 6.13. The molecule has 0 unspecified atom stereocenters. The van der Waals surface area contributed by atoms with Crippen LogP contribution in [0.1, 0.15) is 5.56 Å². The largest absolute Gasteiger partial charge is 2.00 e. The summed E-state index contributed by atoms with van der Waals surface area (Å²) < 4.78 is 0. The summed E-state index contributed by atoms with van der Waals surface area (Å²) in [6.07, 6.45) is 1.58. The molecule has 0 fully saturated rings. The van der Waals surface area contributed by atoms with Gasteiger partial charge in [-0.25, -0.2) is 0 Å². The van der Waals surface area contributed by atoms with Crippen molar-refractivity contribution in [3.05, 3.63) is 35.9 Å². The Morgan fingerprint density at radius 1 is 1.40 bits per heavy atom. The van der Waals surface area contributed by atoms with Crippen LogP contribution in [0.5, 0.6) is 0 Å². The molecule has 0 saturated heterocycles. The van der Waals surface area contributed by atoms with Gasteiger partial charge in [0.25, 0.3) is 0 Å². The molecule has 0 bridgehead atoms. The van der Waals surface area contributed by atoms with Crippen LogP contribution in [0.25, 0.3) is 0 Å². The Morgan fingerprint density at radius 3 is 2.20 bits per heavy atom. The fraction of sp³-hybridized carbons (Fsp3) is 0.250.